The average Bonchev–Trinajstić information content (AvgIpc) is 3.76. The van der Waals surface area contributed by atoms with Crippen molar-refractivity contribution in [3.8, 4) is 67.5 Å². The summed E-state index contributed by atoms with van der Waals surface area (Å²) in [4.78, 5) is 9.98. The van der Waals surface area contributed by atoms with Gasteiger partial charge in [-0.3, -0.25) is 9.55 Å². The SMILES string of the molecule is CC(C)c1cc(-c2cc(C/C=C\Cc3cncc4ccccc34)c(O)c(-c3cn(-c4c(-c5ccccc5)cccc4-c4ccccc4)c(-c4ccccc4)n3)c2)cc(C(C)C)c1. The fourth-order valence-corrected chi connectivity index (χ4v) is 8.46. The van der Waals surface area contributed by atoms with Gasteiger partial charge in [-0.15, -0.1) is 0 Å². The van der Waals surface area contributed by atoms with Crippen molar-refractivity contribution in [2.75, 3.05) is 0 Å². The standard InChI is InChI=1S/C58H51N3O/c1-39(2)47-32-48(40(3)4)34-49(33-47)50-31-44(25-14-15-26-45-36-59-37-46-27-16-17-28-51(45)46)57(62)54(35-50)55-38-61(58(60-55)43-23-12-7-13-24-43)56-52(41-19-8-5-9-20-41)29-18-30-53(56)42-21-10-6-11-22-42/h5-24,27-40,62H,25-26H2,1-4H3/b15-14-. The Morgan fingerprint density at radius 1 is 0.516 bits per heavy atom. The zero-order valence-electron chi connectivity index (χ0n) is 35.8. The highest BCUT2D eigenvalue weighted by Gasteiger charge is 2.23. The molecule has 62 heavy (non-hydrogen) atoms. The van der Waals surface area contributed by atoms with E-state index < -0.39 is 0 Å². The van der Waals surface area contributed by atoms with Gasteiger partial charge in [0.05, 0.1) is 11.4 Å². The van der Waals surface area contributed by atoms with Crippen LogP contribution in [-0.4, -0.2) is 19.6 Å². The van der Waals surface area contributed by atoms with Gasteiger partial charge in [-0.2, -0.15) is 0 Å². The third-order valence-electron chi connectivity index (χ3n) is 11.9. The molecule has 9 rings (SSSR count). The number of hydrogen-bond donors (Lipinski definition) is 1. The van der Waals surface area contributed by atoms with E-state index in [9.17, 15) is 5.11 Å². The van der Waals surface area contributed by atoms with Gasteiger partial charge in [0.2, 0.25) is 0 Å². The smallest absolute Gasteiger partial charge is 0.145 e. The van der Waals surface area contributed by atoms with Gasteiger partial charge in [0.1, 0.15) is 11.6 Å². The van der Waals surface area contributed by atoms with E-state index in [1.165, 1.54) is 22.1 Å². The Balaban J connectivity index is 1.24. The minimum Gasteiger partial charge on any atom is -0.507 e. The van der Waals surface area contributed by atoms with Crippen LogP contribution in [-0.2, 0) is 12.8 Å². The summed E-state index contributed by atoms with van der Waals surface area (Å²) in [5.74, 6) is 1.75. The van der Waals surface area contributed by atoms with Gasteiger partial charge >= 0.3 is 0 Å². The van der Waals surface area contributed by atoms with Gasteiger partial charge < -0.3 is 5.11 Å². The summed E-state index contributed by atoms with van der Waals surface area (Å²) in [6.45, 7) is 9.01. The third-order valence-corrected chi connectivity index (χ3v) is 11.9. The number of hydrogen-bond acceptors (Lipinski definition) is 3. The first kappa shape index (κ1) is 40.1. The molecular formula is C58H51N3O. The number of phenols is 1. The van der Waals surface area contributed by atoms with E-state index in [1.807, 2.05) is 24.5 Å². The number of rotatable bonds is 12. The Morgan fingerprint density at radius 3 is 1.68 bits per heavy atom. The zero-order chi connectivity index (χ0) is 42.6. The number of pyridine rings is 1. The van der Waals surface area contributed by atoms with E-state index in [1.54, 1.807) is 0 Å². The van der Waals surface area contributed by atoms with Crippen molar-refractivity contribution >= 4 is 10.8 Å². The largest absolute Gasteiger partial charge is 0.507 e. The number of phenolic OH excluding ortho intramolecular Hbond substituents is 1. The number of para-hydroxylation sites is 1. The summed E-state index contributed by atoms with van der Waals surface area (Å²) in [6.07, 6.45) is 11.6. The first-order valence-electron chi connectivity index (χ1n) is 21.7. The zero-order valence-corrected chi connectivity index (χ0v) is 35.8. The summed E-state index contributed by atoms with van der Waals surface area (Å²) in [5.41, 5.74) is 14.6. The first-order chi connectivity index (χ1) is 30.3. The summed E-state index contributed by atoms with van der Waals surface area (Å²) < 4.78 is 2.23. The van der Waals surface area contributed by atoms with Gasteiger partial charge in [0, 0.05) is 46.2 Å². The molecule has 1 N–H and O–H groups in total. The van der Waals surface area contributed by atoms with Crippen molar-refractivity contribution < 1.29 is 5.11 Å². The lowest BCUT2D eigenvalue weighted by Gasteiger charge is -2.18. The Kier molecular flexibility index (Phi) is 11.5. The Hall–Kier alpha value is -7.30. The number of allylic oxidation sites excluding steroid dienone is 2. The van der Waals surface area contributed by atoms with Gasteiger partial charge in [0.25, 0.3) is 0 Å². The number of nitrogens with zero attached hydrogens (tertiary/aromatic N) is 3. The summed E-state index contributed by atoms with van der Waals surface area (Å²) >= 11 is 0. The molecule has 0 bridgehead atoms. The number of aromatic hydroxyl groups is 1. The maximum Gasteiger partial charge on any atom is 0.145 e. The number of imidazole rings is 1. The molecular weight excluding hydrogens is 755 g/mol. The van der Waals surface area contributed by atoms with Crippen LogP contribution in [0.4, 0.5) is 0 Å². The van der Waals surface area contributed by atoms with Crippen molar-refractivity contribution in [2.24, 2.45) is 0 Å². The molecule has 0 aliphatic rings. The Labute approximate surface area is 365 Å². The van der Waals surface area contributed by atoms with E-state index in [-0.39, 0.29) is 5.75 Å². The number of aromatic nitrogens is 3. The highest BCUT2D eigenvalue weighted by atomic mass is 16.3. The molecule has 0 radical (unpaired) electrons. The van der Waals surface area contributed by atoms with E-state index >= 15 is 0 Å². The minimum absolute atomic E-state index is 0.234. The molecule has 7 aromatic carbocycles. The molecule has 2 aromatic heterocycles. The lowest BCUT2D eigenvalue weighted by Crippen LogP contribution is -2.02. The van der Waals surface area contributed by atoms with Crippen LogP contribution in [0.2, 0.25) is 0 Å². The lowest BCUT2D eigenvalue weighted by molar-refractivity contribution is 0.471. The third kappa shape index (κ3) is 8.25. The van der Waals surface area contributed by atoms with Gasteiger partial charge in [0.15, 0.2) is 0 Å². The topological polar surface area (TPSA) is 50.9 Å². The minimum atomic E-state index is 0.234. The molecule has 0 aliphatic heterocycles. The van der Waals surface area contributed by atoms with E-state index in [4.69, 9.17) is 4.98 Å². The molecule has 4 heteroatoms. The molecule has 0 atom stereocenters. The van der Waals surface area contributed by atoms with Gasteiger partial charge in [-0.05, 0) is 86.7 Å². The molecule has 0 unspecified atom stereocenters. The molecule has 0 fully saturated rings. The summed E-state index contributed by atoms with van der Waals surface area (Å²) in [5, 5.41) is 14.8. The highest BCUT2D eigenvalue weighted by Crippen LogP contribution is 2.43. The van der Waals surface area contributed by atoms with Crippen molar-refractivity contribution in [3.05, 3.63) is 217 Å². The van der Waals surface area contributed by atoms with E-state index in [0.29, 0.717) is 29.5 Å². The molecule has 0 spiro atoms. The van der Waals surface area contributed by atoms with Crippen LogP contribution in [0.1, 0.15) is 61.8 Å². The van der Waals surface area contributed by atoms with E-state index in [0.717, 1.165) is 67.8 Å². The Bertz CT molecular complexity index is 2930. The van der Waals surface area contributed by atoms with Crippen LogP contribution in [0.25, 0.3) is 72.5 Å². The molecule has 0 amide bonds. The van der Waals surface area contributed by atoms with Crippen molar-refractivity contribution in [1.82, 2.24) is 14.5 Å². The second-order valence-electron chi connectivity index (χ2n) is 16.7. The molecule has 0 saturated carbocycles. The van der Waals surface area contributed by atoms with Crippen LogP contribution in [0, 0.1) is 0 Å². The summed E-state index contributed by atoms with van der Waals surface area (Å²) in [7, 11) is 0. The fraction of sp³-hybridized carbons (Fsp3) is 0.138. The van der Waals surface area contributed by atoms with Crippen molar-refractivity contribution in [1.29, 1.82) is 0 Å². The van der Waals surface area contributed by atoms with Gasteiger partial charge in [-0.1, -0.05) is 192 Å². The molecule has 2 heterocycles. The normalized spacial score (nSPS) is 11.6. The summed E-state index contributed by atoms with van der Waals surface area (Å²) in [6, 6.07) is 57.7. The second kappa shape index (κ2) is 17.7. The van der Waals surface area contributed by atoms with Crippen molar-refractivity contribution in [2.45, 2.75) is 52.4 Å². The molecule has 0 aliphatic carbocycles. The molecule has 4 nitrogen and oxygen atoms in total. The highest BCUT2D eigenvalue weighted by molar-refractivity contribution is 5.88. The van der Waals surface area contributed by atoms with Crippen molar-refractivity contribution in [3.63, 3.8) is 0 Å². The Morgan fingerprint density at radius 2 is 1.06 bits per heavy atom. The predicted octanol–water partition coefficient (Wildman–Crippen LogP) is 15.0. The van der Waals surface area contributed by atoms with Crippen LogP contribution < -0.4 is 0 Å². The number of benzene rings is 7. The molecule has 0 saturated heterocycles. The number of fused-ring (bicyclic) bond motifs is 1. The van der Waals surface area contributed by atoms with Crippen LogP contribution in [0.3, 0.4) is 0 Å². The maximum absolute atomic E-state index is 12.5. The van der Waals surface area contributed by atoms with Gasteiger partial charge in [-0.25, -0.2) is 4.98 Å². The fourth-order valence-electron chi connectivity index (χ4n) is 8.46. The molecule has 9 aromatic rings. The quantitative estimate of drug-likeness (QED) is 0.125. The second-order valence-corrected chi connectivity index (χ2v) is 16.7. The van der Waals surface area contributed by atoms with Crippen LogP contribution >= 0.6 is 0 Å². The first-order valence-corrected chi connectivity index (χ1v) is 21.7. The predicted molar refractivity (Wildman–Crippen MR) is 259 cm³/mol. The average molecular weight is 806 g/mol. The monoisotopic (exact) mass is 805 g/mol. The van der Waals surface area contributed by atoms with Crippen LogP contribution in [0.5, 0.6) is 5.75 Å². The van der Waals surface area contributed by atoms with E-state index in [2.05, 4.69) is 207 Å². The van der Waals surface area contributed by atoms with Crippen LogP contribution in [0.15, 0.2) is 195 Å². The molecule has 304 valence electrons. The lowest BCUT2D eigenvalue weighted by atomic mass is 9.89. The maximum atomic E-state index is 12.5.